The van der Waals surface area contributed by atoms with Gasteiger partial charge in [0.2, 0.25) is 10.0 Å². The van der Waals surface area contributed by atoms with Gasteiger partial charge in [0.1, 0.15) is 5.82 Å². The van der Waals surface area contributed by atoms with E-state index in [2.05, 4.69) is 5.32 Å². The van der Waals surface area contributed by atoms with Crippen LogP contribution in [-0.2, 0) is 21.3 Å². The highest BCUT2D eigenvalue weighted by molar-refractivity contribution is 7.89. The van der Waals surface area contributed by atoms with Crippen LogP contribution in [0, 0.1) is 5.82 Å². The number of anilines is 2. The first kappa shape index (κ1) is 27.1. The summed E-state index contributed by atoms with van der Waals surface area (Å²) in [5.74, 6) is -0.884. The molecule has 0 aromatic heterocycles. The highest BCUT2D eigenvalue weighted by atomic mass is 35.5. The van der Waals surface area contributed by atoms with Gasteiger partial charge in [0.25, 0.3) is 5.91 Å². The molecule has 1 heterocycles. The van der Waals surface area contributed by atoms with E-state index in [1.54, 1.807) is 36.4 Å². The first-order valence-corrected chi connectivity index (χ1v) is 13.7. The van der Waals surface area contributed by atoms with E-state index >= 15 is 0 Å². The molecule has 0 radical (unpaired) electrons. The number of carbonyl (C=O) groups excluding carboxylic acids is 1. The van der Waals surface area contributed by atoms with Crippen molar-refractivity contribution in [1.82, 2.24) is 4.31 Å². The first-order chi connectivity index (χ1) is 17.6. The number of carbonyl (C=O) groups is 1. The van der Waals surface area contributed by atoms with Crippen LogP contribution in [0.25, 0.3) is 0 Å². The highest BCUT2D eigenvalue weighted by Gasteiger charge is 2.30. The third kappa shape index (κ3) is 6.48. The van der Waals surface area contributed by atoms with Crippen LogP contribution in [0.5, 0.6) is 0 Å². The second-order valence-corrected chi connectivity index (χ2v) is 11.4. The number of amides is 1. The van der Waals surface area contributed by atoms with Crippen molar-refractivity contribution >= 4 is 38.9 Å². The number of halogens is 2. The van der Waals surface area contributed by atoms with Gasteiger partial charge in [-0.15, -0.1) is 0 Å². The summed E-state index contributed by atoms with van der Waals surface area (Å²) in [6.45, 7) is 0.771. The van der Waals surface area contributed by atoms with Crippen molar-refractivity contribution in [2.45, 2.75) is 30.4 Å². The Hall–Kier alpha value is -2.98. The summed E-state index contributed by atoms with van der Waals surface area (Å²) in [4.78, 5) is 14.7. The molecule has 1 fully saturated rings. The maximum atomic E-state index is 13.7. The third-order valence-electron chi connectivity index (χ3n) is 6.17. The van der Waals surface area contributed by atoms with Crippen molar-refractivity contribution in [2.75, 3.05) is 37.5 Å². The maximum Gasteiger partial charge on any atom is 0.257 e. The molecule has 1 N–H and O–H groups in total. The van der Waals surface area contributed by atoms with Crippen LogP contribution < -0.4 is 10.2 Å². The fourth-order valence-corrected chi connectivity index (χ4v) is 5.95. The molecule has 1 saturated heterocycles. The van der Waals surface area contributed by atoms with Crippen LogP contribution in [0.15, 0.2) is 71.6 Å². The van der Waals surface area contributed by atoms with E-state index in [-0.39, 0.29) is 30.0 Å². The number of hydrogen-bond acceptors (Lipinski definition) is 5. The Morgan fingerprint density at radius 2 is 1.84 bits per heavy atom. The van der Waals surface area contributed by atoms with Crippen LogP contribution in [0.2, 0.25) is 5.02 Å². The summed E-state index contributed by atoms with van der Waals surface area (Å²) in [5, 5.41) is 3.18. The predicted octanol–water partition coefficient (Wildman–Crippen LogP) is 5.17. The van der Waals surface area contributed by atoms with Gasteiger partial charge >= 0.3 is 0 Å². The molecule has 0 aliphatic carbocycles. The number of rotatable bonds is 9. The average Bonchev–Trinajstić information content (AvgIpc) is 3.37. The van der Waals surface area contributed by atoms with Crippen LogP contribution in [0.3, 0.4) is 0 Å². The minimum Gasteiger partial charge on any atom is -0.377 e. The molecule has 1 atom stereocenters. The van der Waals surface area contributed by atoms with Gasteiger partial charge in [-0.05, 0) is 73.0 Å². The van der Waals surface area contributed by atoms with Gasteiger partial charge in [0.05, 0.1) is 21.6 Å². The van der Waals surface area contributed by atoms with E-state index in [0.717, 1.165) is 30.7 Å². The summed E-state index contributed by atoms with van der Waals surface area (Å²) >= 11 is 6.18. The molecule has 1 aliphatic heterocycles. The zero-order valence-electron chi connectivity index (χ0n) is 20.7. The van der Waals surface area contributed by atoms with Gasteiger partial charge in [-0.25, -0.2) is 12.8 Å². The molecule has 0 saturated carbocycles. The number of nitrogens with zero attached hydrogens (tertiary/aromatic N) is 2. The Kier molecular flexibility index (Phi) is 8.49. The predicted molar refractivity (Wildman–Crippen MR) is 143 cm³/mol. The van der Waals surface area contributed by atoms with Crippen molar-refractivity contribution < 1.29 is 22.3 Å². The first-order valence-electron chi connectivity index (χ1n) is 11.9. The molecule has 0 spiro atoms. The second-order valence-electron chi connectivity index (χ2n) is 9.06. The normalized spacial score (nSPS) is 15.6. The van der Waals surface area contributed by atoms with E-state index in [1.165, 1.54) is 16.4 Å². The van der Waals surface area contributed by atoms with Gasteiger partial charge in [-0.1, -0.05) is 23.7 Å². The SMILES string of the molecule is CN(C)c1ccc(NC(=O)c2ccccc2Cl)cc1CN(C[C@H]1CCCO1)S(=O)(=O)c1ccc(F)cc1. The average molecular weight is 546 g/mol. The monoisotopic (exact) mass is 545 g/mol. The Balaban J connectivity index is 1.67. The van der Waals surface area contributed by atoms with E-state index in [4.69, 9.17) is 16.3 Å². The number of benzene rings is 3. The van der Waals surface area contributed by atoms with Crippen LogP contribution in [0.1, 0.15) is 28.8 Å². The van der Waals surface area contributed by atoms with Crippen molar-refractivity contribution in [3.63, 3.8) is 0 Å². The summed E-state index contributed by atoms with van der Waals surface area (Å²) in [7, 11) is -0.245. The topological polar surface area (TPSA) is 79.0 Å². The molecule has 196 valence electrons. The molecule has 37 heavy (non-hydrogen) atoms. The molecule has 3 aromatic rings. The number of ether oxygens (including phenoxy) is 1. The standard InChI is InChI=1S/C27H29ClFN3O4S/c1-31(2)26-14-11-21(30-27(33)24-7-3-4-8-25(24)28)16-19(26)17-32(18-22-6-5-15-36-22)37(34,35)23-12-9-20(29)10-13-23/h3-4,7-14,16,22H,5-6,15,17-18H2,1-2H3,(H,30,33)/t22-/m1/s1. The van der Waals surface area contributed by atoms with E-state index in [9.17, 15) is 17.6 Å². The zero-order chi connectivity index (χ0) is 26.6. The van der Waals surface area contributed by atoms with Gasteiger partial charge in [-0.2, -0.15) is 4.31 Å². The third-order valence-corrected chi connectivity index (χ3v) is 8.32. The van der Waals surface area contributed by atoms with E-state index < -0.39 is 15.8 Å². The lowest BCUT2D eigenvalue weighted by Crippen LogP contribution is -2.37. The molecular weight excluding hydrogens is 517 g/mol. The van der Waals surface area contributed by atoms with Crippen molar-refractivity contribution in [3.8, 4) is 0 Å². The number of hydrogen-bond donors (Lipinski definition) is 1. The summed E-state index contributed by atoms with van der Waals surface area (Å²) in [5.41, 5.74) is 2.32. The molecule has 3 aromatic carbocycles. The maximum absolute atomic E-state index is 13.7. The smallest absolute Gasteiger partial charge is 0.257 e. The van der Waals surface area contributed by atoms with Gasteiger partial charge in [-0.3, -0.25) is 4.79 Å². The Morgan fingerprint density at radius 3 is 2.49 bits per heavy atom. The molecule has 7 nitrogen and oxygen atoms in total. The number of nitrogens with one attached hydrogen (secondary N) is 1. The molecule has 1 aliphatic rings. The van der Waals surface area contributed by atoms with Crippen molar-refractivity contribution in [1.29, 1.82) is 0 Å². The Bertz CT molecular complexity index is 1360. The fraction of sp³-hybridized carbons (Fsp3) is 0.296. The van der Waals surface area contributed by atoms with Gasteiger partial charge < -0.3 is 15.0 Å². The van der Waals surface area contributed by atoms with Gasteiger partial charge in [0.15, 0.2) is 0 Å². The molecular formula is C27H29ClFN3O4S. The summed E-state index contributed by atoms with van der Waals surface area (Å²) in [6, 6.07) is 16.9. The lowest BCUT2D eigenvalue weighted by Gasteiger charge is -2.27. The minimum atomic E-state index is -3.97. The van der Waals surface area contributed by atoms with Crippen LogP contribution in [-0.4, -0.2) is 52.0 Å². The zero-order valence-corrected chi connectivity index (χ0v) is 22.2. The molecule has 1 amide bonds. The largest absolute Gasteiger partial charge is 0.377 e. The quantitative estimate of drug-likeness (QED) is 0.401. The minimum absolute atomic E-state index is 0.00137. The second kappa shape index (κ2) is 11.6. The Labute approximate surface area is 221 Å². The lowest BCUT2D eigenvalue weighted by atomic mass is 10.1. The van der Waals surface area contributed by atoms with Crippen molar-refractivity contribution in [2.24, 2.45) is 0 Å². The summed E-state index contributed by atoms with van der Waals surface area (Å²) < 4.78 is 47.9. The number of sulfonamides is 1. The summed E-state index contributed by atoms with van der Waals surface area (Å²) in [6.07, 6.45) is 1.38. The van der Waals surface area contributed by atoms with Crippen LogP contribution >= 0.6 is 11.6 Å². The molecule has 0 bridgehead atoms. The highest BCUT2D eigenvalue weighted by Crippen LogP contribution is 2.29. The molecule has 4 rings (SSSR count). The lowest BCUT2D eigenvalue weighted by molar-refractivity contribution is 0.0926. The van der Waals surface area contributed by atoms with Crippen LogP contribution in [0.4, 0.5) is 15.8 Å². The van der Waals surface area contributed by atoms with Crippen molar-refractivity contribution in [3.05, 3.63) is 88.7 Å². The molecule has 10 heteroatoms. The fourth-order valence-electron chi connectivity index (χ4n) is 4.28. The van der Waals surface area contributed by atoms with E-state index in [0.29, 0.717) is 28.4 Å². The Morgan fingerprint density at radius 1 is 1.11 bits per heavy atom. The molecule has 0 unspecified atom stereocenters. The van der Waals surface area contributed by atoms with Gasteiger partial charge in [0, 0.05) is 45.2 Å². The van der Waals surface area contributed by atoms with E-state index in [1.807, 2.05) is 25.1 Å².